The van der Waals surface area contributed by atoms with Crippen molar-refractivity contribution in [2.75, 3.05) is 44.4 Å². The molecule has 29 heavy (non-hydrogen) atoms. The van der Waals surface area contributed by atoms with Crippen LogP contribution in [0.25, 0.3) is 0 Å². The van der Waals surface area contributed by atoms with Gasteiger partial charge in [0.2, 0.25) is 6.79 Å². The number of amides is 1. The zero-order valence-corrected chi connectivity index (χ0v) is 17.1. The number of nitrogens with zero attached hydrogens (tertiary/aromatic N) is 3. The van der Waals surface area contributed by atoms with Gasteiger partial charge in [-0.15, -0.1) is 0 Å². The Hall–Kier alpha value is -2.80. The highest BCUT2D eigenvalue weighted by molar-refractivity contribution is 5.92. The summed E-state index contributed by atoms with van der Waals surface area (Å²) in [5.74, 6) is 1.98. The number of pyridine rings is 1. The number of carbonyl (C=O) groups excluding carboxylic acids is 1. The second-order valence-corrected chi connectivity index (χ2v) is 7.96. The van der Waals surface area contributed by atoms with Crippen molar-refractivity contribution in [2.24, 2.45) is 5.92 Å². The molecule has 0 aliphatic carbocycles. The molecule has 0 spiro atoms. The summed E-state index contributed by atoms with van der Waals surface area (Å²) in [7, 11) is 0. The number of benzene rings is 1. The minimum absolute atomic E-state index is 0.112. The molecule has 0 bridgehead atoms. The molecule has 1 saturated heterocycles. The zero-order valence-electron chi connectivity index (χ0n) is 17.1. The van der Waals surface area contributed by atoms with Crippen molar-refractivity contribution in [1.82, 2.24) is 15.2 Å². The fraction of sp³-hybridized carbons (Fsp3) is 0.455. The fourth-order valence-electron chi connectivity index (χ4n) is 3.56. The van der Waals surface area contributed by atoms with E-state index in [-0.39, 0.29) is 5.91 Å². The molecule has 1 aromatic heterocycles. The van der Waals surface area contributed by atoms with Crippen molar-refractivity contribution in [1.29, 1.82) is 0 Å². The van der Waals surface area contributed by atoms with Gasteiger partial charge in [0.1, 0.15) is 5.69 Å². The highest BCUT2D eigenvalue weighted by Crippen LogP contribution is 2.32. The zero-order chi connectivity index (χ0) is 20.2. The lowest BCUT2D eigenvalue weighted by atomic mass is 10.1. The number of aromatic nitrogens is 1. The van der Waals surface area contributed by atoms with Crippen LogP contribution in [0.2, 0.25) is 0 Å². The Morgan fingerprint density at radius 2 is 1.90 bits per heavy atom. The van der Waals surface area contributed by atoms with E-state index in [4.69, 9.17) is 9.47 Å². The molecule has 1 amide bonds. The van der Waals surface area contributed by atoms with Crippen molar-refractivity contribution in [3.05, 3.63) is 47.8 Å². The number of nitrogens with one attached hydrogen (secondary N) is 1. The molecule has 7 heteroatoms. The molecule has 7 nitrogen and oxygen atoms in total. The van der Waals surface area contributed by atoms with E-state index in [2.05, 4.69) is 46.1 Å². The van der Waals surface area contributed by atoms with Crippen LogP contribution in [0, 0.1) is 5.92 Å². The predicted molar refractivity (Wildman–Crippen MR) is 111 cm³/mol. The summed E-state index contributed by atoms with van der Waals surface area (Å²) in [6.45, 7) is 9.84. The highest BCUT2D eigenvalue weighted by Gasteiger charge is 2.20. The van der Waals surface area contributed by atoms with Crippen LogP contribution in [0.4, 0.5) is 5.69 Å². The summed E-state index contributed by atoms with van der Waals surface area (Å²) in [6, 6.07) is 9.96. The van der Waals surface area contributed by atoms with Crippen LogP contribution >= 0.6 is 0 Å². The molecule has 0 unspecified atom stereocenters. The van der Waals surface area contributed by atoms with Gasteiger partial charge in [0.25, 0.3) is 5.91 Å². The number of fused-ring (bicyclic) bond motifs is 1. The van der Waals surface area contributed by atoms with Crippen molar-refractivity contribution >= 4 is 11.6 Å². The van der Waals surface area contributed by atoms with Crippen molar-refractivity contribution in [3.63, 3.8) is 0 Å². The molecular weight excluding hydrogens is 368 g/mol. The predicted octanol–water partition coefficient (Wildman–Crippen LogP) is 2.52. The van der Waals surface area contributed by atoms with Crippen LogP contribution in [-0.4, -0.2) is 55.3 Å². The minimum atomic E-state index is -0.112. The van der Waals surface area contributed by atoms with Crippen LogP contribution in [0.5, 0.6) is 11.5 Å². The molecule has 1 aromatic carbocycles. The Bertz CT molecular complexity index is 846. The van der Waals surface area contributed by atoms with Crippen LogP contribution in [0.3, 0.4) is 0 Å². The molecule has 2 aliphatic heterocycles. The number of hydrogen-bond donors (Lipinski definition) is 1. The van der Waals surface area contributed by atoms with Gasteiger partial charge in [-0.2, -0.15) is 0 Å². The van der Waals surface area contributed by atoms with E-state index in [1.807, 2.05) is 18.2 Å². The number of ether oxygens (including phenoxy) is 2. The maximum atomic E-state index is 12.1. The van der Waals surface area contributed by atoms with E-state index >= 15 is 0 Å². The van der Waals surface area contributed by atoms with E-state index < -0.39 is 0 Å². The molecule has 0 radical (unpaired) electrons. The maximum absolute atomic E-state index is 12.1. The first-order valence-corrected chi connectivity index (χ1v) is 10.2. The number of carbonyl (C=O) groups is 1. The smallest absolute Gasteiger partial charge is 0.269 e. The van der Waals surface area contributed by atoms with Crippen molar-refractivity contribution in [2.45, 2.75) is 20.4 Å². The lowest BCUT2D eigenvalue weighted by Gasteiger charge is -2.36. The molecule has 2 aliphatic rings. The largest absolute Gasteiger partial charge is 0.454 e. The molecule has 154 valence electrons. The summed E-state index contributed by atoms with van der Waals surface area (Å²) in [4.78, 5) is 21.2. The van der Waals surface area contributed by atoms with Crippen molar-refractivity contribution in [3.8, 4) is 11.5 Å². The van der Waals surface area contributed by atoms with E-state index in [0.29, 0.717) is 24.9 Å². The van der Waals surface area contributed by atoms with E-state index in [9.17, 15) is 4.79 Å². The average Bonchev–Trinajstić information content (AvgIpc) is 3.20. The number of rotatable bonds is 6. The molecule has 0 atom stereocenters. The lowest BCUT2D eigenvalue weighted by Crippen LogP contribution is -2.46. The Kier molecular flexibility index (Phi) is 5.85. The van der Waals surface area contributed by atoms with Gasteiger partial charge in [0.05, 0.1) is 11.9 Å². The Balaban J connectivity index is 1.28. The van der Waals surface area contributed by atoms with Gasteiger partial charge in [-0.1, -0.05) is 19.9 Å². The molecule has 1 fully saturated rings. The lowest BCUT2D eigenvalue weighted by molar-refractivity contribution is 0.0944. The maximum Gasteiger partial charge on any atom is 0.269 e. The van der Waals surface area contributed by atoms with Crippen LogP contribution in [0.1, 0.15) is 29.9 Å². The SMILES string of the molecule is CC(C)CNC(=O)c1ccc(N2CCN(Cc3ccc4c(c3)OCO4)CC2)cn1. The Morgan fingerprint density at radius 3 is 2.62 bits per heavy atom. The molecule has 0 saturated carbocycles. The Morgan fingerprint density at radius 1 is 1.10 bits per heavy atom. The molecule has 3 heterocycles. The standard InChI is InChI=1S/C22H28N4O3/c1-16(2)12-24-22(27)19-5-4-18(13-23-19)26-9-7-25(8-10-26)14-17-3-6-20-21(11-17)29-15-28-20/h3-6,11,13,16H,7-10,12,14-15H2,1-2H3,(H,24,27). The van der Waals surface area contributed by atoms with Gasteiger partial charge in [0.15, 0.2) is 11.5 Å². The third-order valence-corrected chi connectivity index (χ3v) is 5.23. The van der Waals surface area contributed by atoms with E-state index in [0.717, 1.165) is 49.9 Å². The van der Waals surface area contributed by atoms with Gasteiger partial charge in [-0.3, -0.25) is 9.69 Å². The second-order valence-electron chi connectivity index (χ2n) is 7.96. The molecular formula is C22H28N4O3. The molecule has 2 aromatic rings. The fourth-order valence-corrected chi connectivity index (χ4v) is 3.56. The van der Waals surface area contributed by atoms with Crippen LogP contribution < -0.4 is 19.7 Å². The monoisotopic (exact) mass is 396 g/mol. The summed E-state index contributed by atoms with van der Waals surface area (Å²) < 4.78 is 10.9. The second kappa shape index (κ2) is 8.69. The number of anilines is 1. The Labute approximate surface area is 171 Å². The number of hydrogen-bond acceptors (Lipinski definition) is 6. The summed E-state index contributed by atoms with van der Waals surface area (Å²) in [6.07, 6.45) is 1.80. The van der Waals surface area contributed by atoms with E-state index in [1.54, 1.807) is 6.20 Å². The first kappa shape index (κ1) is 19.5. The van der Waals surface area contributed by atoms with Crippen LogP contribution in [-0.2, 0) is 6.54 Å². The molecule has 4 rings (SSSR count). The van der Waals surface area contributed by atoms with Gasteiger partial charge < -0.3 is 19.7 Å². The van der Waals surface area contributed by atoms with Crippen LogP contribution in [0.15, 0.2) is 36.5 Å². The third kappa shape index (κ3) is 4.79. The summed E-state index contributed by atoms with van der Waals surface area (Å²) >= 11 is 0. The quantitative estimate of drug-likeness (QED) is 0.809. The number of piperazine rings is 1. The highest BCUT2D eigenvalue weighted by atomic mass is 16.7. The summed E-state index contributed by atoms with van der Waals surface area (Å²) in [5, 5.41) is 2.90. The third-order valence-electron chi connectivity index (χ3n) is 5.23. The summed E-state index contributed by atoms with van der Waals surface area (Å²) in [5.41, 5.74) is 2.77. The van der Waals surface area contributed by atoms with Gasteiger partial charge in [-0.05, 0) is 35.7 Å². The van der Waals surface area contributed by atoms with Gasteiger partial charge in [0, 0.05) is 39.3 Å². The average molecular weight is 396 g/mol. The minimum Gasteiger partial charge on any atom is -0.454 e. The van der Waals surface area contributed by atoms with Crippen molar-refractivity contribution < 1.29 is 14.3 Å². The van der Waals surface area contributed by atoms with Gasteiger partial charge >= 0.3 is 0 Å². The first-order chi connectivity index (χ1) is 14.1. The van der Waals surface area contributed by atoms with E-state index in [1.165, 1.54) is 5.56 Å². The first-order valence-electron chi connectivity index (χ1n) is 10.2. The van der Waals surface area contributed by atoms with Gasteiger partial charge in [-0.25, -0.2) is 4.98 Å². The topological polar surface area (TPSA) is 66.9 Å². The normalized spacial score (nSPS) is 16.3. The molecule has 1 N–H and O–H groups in total.